The lowest BCUT2D eigenvalue weighted by Gasteiger charge is -2.67. The highest BCUT2D eigenvalue weighted by atomic mass is 16.6. The number of aliphatic hydroxyl groups excluding tert-OH is 1. The van der Waals surface area contributed by atoms with Crippen molar-refractivity contribution >= 4 is 35.9 Å². The monoisotopic (exact) mass is 872 g/mol. The SMILES string of the molecule is CO[C@H]1C(=O)[C@]2(C)[C@@H](OC(=O)N(C)C)C[C@H]3OC[C@@]3(OC(C)=O)[C@H]2[C@H](OC(=O)c2ccccc2)[C@]2(O)C[C@H](OC(=O)[C@H](O)[C@H](CC(C)C)NC(=O)OC(C)(C)C)C(C)=C1C2(C)C. The van der Waals surface area contributed by atoms with Crippen LogP contribution in [0.4, 0.5) is 9.59 Å². The molecular formula is C45H64N2O15. The molecule has 0 unspecified atom stereocenters. The average Bonchev–Trinajstić information content (AvgIpc) is 3.16. The normalized spacial score (nSPS) is 32.3. The van der Waals surface area contributed by atoms with Gasteiger partial charge in [0.05, 0.1) is 29.5 Å². The van der Waals surface area contributed by atoms with E-state index in [1.165, 1.54) is 52.1 Å². The number of hydrogen-bond donors (Lipinski definition) is 3. The van der Waals surface area contributed by atoms with Crippen LogP contribution in [0.5, 0.6) is 0 Å². The van der Waals surface area contributed by atoms with E-state index < -0.39 is 119 Å². The van der Waals surface area contributed by atoms with Gasteiger partial charge in [0.15, 0.2) is 17.5 Å². The molecule has 4 aliphatic rings. The molecule has 2 amide bonds. The van der Waals surface area contributed by atoms with Gasteiger partial charge < -0.3 is 53.6 Å². The van der Waals surface area contributed by atoms with E-state index in [1.807, 2.05) is 13.8 Å². The molecule has 3 N–H and O–H groups in total. The lowest BCUT2D eigenvalue weighted by Crippen LogP contribution is -2.82. The van der Waals surface area contributed by atoms with Gasteiger partial charge in [-0.25, -0.2) is 19.2 Å². The van der Waals surface area contributed by atoms with Crippen LogP contribution in [0.25, 0.3) is 0 Å². The van der Waals surface area contributed by atoms with Crippen molar-refractivity contribution in [1.29, 1.82) is 0 Å². The summed E-state index contributed by atoms with van der Waals surface area (Å²) in [6.45, 7) is 16.0. The summed E-state index contributed by atoms with van der Waals surface area (Å²) in [7, 11) is 4.23. The van der Waals surface area contributed by atoms with Crippen LogP contribution in [-0.4, -0.2) is 138 Å². The van der Waals surface area contributed by atoms with Crippen molar-refractivity contribution in [2.75, 3.05) is 27.8 Å². The van der Waals surface area contributed by atoms with Crippen molar-refractivity contribution in [2.45, 2.75) is 148 Å². The molecule has 17 heteroatoms. The van der Waals surface area contributed by atoms with Gasteiger partial charge in [0.2, 0.25) is 0 Å². The maximum Gasteiger partial charge on any atom is 0.409 e. The van der Waals surface area contributed by atoms with Crippen LogP contribution in [0.3, 0.4) is 0 Å². The fourth-order valence-corrected chi connectivity index (χ4v) is 9.95. The number of methoxy groups -OCH3 is 1. The Hall–Kier alpha value is -4.58. The second-order valence-corrected chi connectivity index (χ2v) is 19.4. The van der Waals surface area contributed by atoms with E-state index in [-0.39, 0.29) is 36.5 Å². The summed E-state index contributed by atoms with van der Waals surface area (Å²) in [5.74, 6) is -5.06. The van der Waals surface area contributed by atoms with Gasteiger partial charge in [-0.3, -0.25) is 9.59 Å². The number of ether oxygens (including phenoxy) is 7. The number of alkyl carbamates (subject to hydrolysis) is 1. The van der Waals surface area contributed by atoms with Gasteiger partial charge in [0.1, 0.15) is 41.7 Å². The van der Waals surface area contributed by atoms with Crippen LogP contribution in [-0.2, 0) is 47.5 Å². The first-order valence-electron chi connectivity index (χ1n) is 21.0. The predicted octanol–water partition coefficient (Wildman–Crippen LogP) is 4.29. The summed E-state index contributed by atoms with van der Waals surface area (Å²) in [4.78, 5) is 84.8. The van der Waals surface area contributed by atoms with E-state index >= 15 is 4.79 Å². The largest absolute Gasteiger partial charge is 0.456 e. The topological polar surface area (TPSA) is 223 Å². The standard InChI is InChI=1S/C45H64N2O15/c1-23(2)19-27(46-39(53)62-41(5,6)7)32(49)38(52)58-28-21-45(55)36(60-37(51)26-17-15-14-16-18-26)34-43(10,35(50)33(56-13)31(24(28)3)42(45,8)9)29(59-40(54)47(11)12)20-30-44(34,22-57-30)61-25(4)48/h14-18,23,27-30,32-34,36,49,55H,19-22H2,1-13H3,(H,46,53)/t27-,28-,29-,30+,32+,33+,34-,36-,43+,44-,45+/m0/s1. The molecule has 1 aromatic carbocycles. The number of rotatable bonds is 11. The van der Waals surface area contributed by atoms with Crippen molar-refractivity contribution in [3.8, 4) is 0 Å². The molecule has 17 nitrogen and oxygen atoms in total. The highest BCUT2D eigenvalue weighted by Gasteiger charge is 2.79. The summed E-state index contributed by atoms with van der Waals surface area (Å²) in [5.41, 5.74) is -7.79. The molecule has 11 atom stereocenters. The predicted molar refractivity (Wildman–Crippen MR) is 220 cm³/mol. The van der Waals surface area contributed by atoms with Gasteiger partial charge in [-0.2, -0.15) is 0 Å². The Kier molecular flexibility index (Phi) is 13.7. The zero-order chi connectivity index (χ0) is 46.5. The third-order valence-corrected chi connectivity index (χ3v) is 13.0. The average molecular weight is 873 g/mol. The summed E-state index contributed by atoms with van der Waals surface area (Å²) < 4.78 is 42.3. The van der Waals surface area contributed by atoms with Gasteiger partial charge >= 0.3 is 30.1 Å². The Morgan fingerprint density at radius 2 is 1.65 bits per heavy atom. The number of ketones is 1. The van der Waals surface area contributed by atoms with E-state index in [4.69, 9.17) is 33.2 Å². The Bertz CT molecular complexity index is 1940. The summed E-state index contributed by atoms with van der Waals surface area (Å²) in [6, 6.07) is 6.79. The number of fused-ring (bicyclic) bond motifs is 5. The first-order chi connectivity index (χ1) is 28.7. The molecular weight excluding hydrogens is 808 g/mol. The number of nitrogens with zero attached hydrogens (tertiary/aromatic N) is 1. The van der Waals surface area contributed by atoms with Crippen molar-refractivity contribution in [1.82, 2.24) is 10.2 Å². The van der Waals surface area contributed by atoms with Crippen LogP contribution >= 0.6 is 0 Å². The van der Waals surface area contributed by atoms with E-state index in [2.05, 4.69) is 5.32 Å². The molecule has 2 bridgehead atoms. The quantitative estimate of drug-likeness (QED) is 0.160. The highest BCUT2D eigenvalue weighted by Crippen LogP contribution is 2.65. The fraction of sp³-hybridized carbons (Fsp3) is 0.689. The molecule has 3 fully saturated rings. The number of nitrogens with one attached hydrogen (secondary N) is 1. The first kappa shape index (κ1) is 48.5. The van der Waals surface area contributed by atoms with E-state index in [0.29, 0.717) is 5.57 Å². The lowest BCUT2D eigenvalue weighted by atomic mass is 9.44. The van der Waals surface area contributed by atoms with Crippen molar-refractivity contribution in [3.05, 3.63) is 47.0 Å². The second-order valence-electron chi connectivity index (χ2n) is 19.4. The molecule has 62 heavy (non-hydrogen) atoms. The number of hydrogen-bond acceptors (Lipinski definition) is 15. The van der Waals surface area contributed by atoms with Crippen molar-refractivity contribution in [3.63, 3.8) is 0 Å². The Balaban J connectivity index is 1.74. The summed E-state index contributed by atoms with van der Waals surface area (Å²) >= 11 is 0. The molecule has 3 aliphatic carbocycles. The van der Waals surface area contributed by atoms with Gasteiger partial charge in [-0.05, 0) is 70.2 Å². The number of Topliss-reactive ketones (excluding diaryl/α,β-unsaturated/α-hetero) is 1. The van der Waals surface area contributed by atoms with Crippen LogP contribution < -0.4 is 5.32 Å². The Labute approximate surface area is 363 Å². The molecule has 0 aromatic heterocycles. The van der Waals surface area contributed by atoms with E-state index in [1.54, 1.807) is 59.7 Å². The summed E-state index contributed by atoms with van der Waals surface area (Å²) in [6.07, 6.45) is -11.0. The van der Waals surface area contributed by atoms with Crippen LogP contribution in [0.1, 0.15) is 98.9 Å². The van der Waals surface area contributed by atoms with E-state index in [0.717, 1.165) is 0 Å². The second kappa shape index (κ2) is 17.5. The molecule has 1 saturated heterocycles. The van der Waals surface area contributed by atoms with Crippen LogP contribution in [0.2, 0.25) is 0 Å². The molecule has 1 aliphatic heterocycles. The molecule has 1 heterocycles. The zero-order valence-electron chi connectivity index (χ0n) is 38.1. The van der Waals surface area contributed by atoms with Gasteiger partial charge in [0.25, 0.3) is 0 Å². The third-order valence-electron chi connectivity index (χ3n) is 13.0. The first-order valence-corrected chi connectivity index (χ1v) is 21.0. The molecule has 2 saturated carbocycles. The minimum Gasteiger partial charge on any atom is -0.456 e. The maximum atomic E-state index is 15.8. The Morgan fingerprint density at radius 1 is 1.02 bits per heavy atom. The number of amides is 2. The van der Waals surface area contributed by atoms with Gasteiger partial charge in [-0.15, -0.1) is 0 Å². The van der Waals surface area contributed by atoms with E-state index in [9.17, 15) is 34.2 Å². The van der Waals surface area contributed by atoms with Gasteiger partial charge in [-0.1, -0.05) is 45.9 Å². The third kappa shape index (κ3) is 8.69. The highest BCUT2D eigenvalue weighted by molar-refractivity contribution is 5.94. The molecule has 0 radical (unpaired) electrons. The number of aliphatic hydroxyl groups is 2. The maximum absolute atomic E-state index is 15.8. The Morgan fingerprint density at radius 3 is 2.16 bits per heavy atom. The minimum absolute atomic E-state index is 0.0932. The molecule has 1 aromatic rings. The number of carbonyl (C=O) groups excluding carboxylic acids is 6. The molecule has 5 rings (SSSR count). The number of benzene rings is 1. The van der Waals surface area contributed by atoms with Crippen LogP contribution in [0.15, 0.2) is 41.5 Å². The lowest BCUT2D eigenvalue weighted by molar-refractivity contribution is -0.345. The smallest absolute Gasteiger partial charge is 0.409 e. The van der Waals surface area contributed by atoms with Gasteiger partial charge in [0, 0.05) is 46.4 Å². The fourth-order valence-electron chi connectivity index (χ4n) is 9.95. The van der Waals surface area contributed by atoms with Crippen LogP contribution in [0, 0.1) is 22.7 Å². The molecule has 344 valence electrons. The van der Waals surface area contributed by atoms with Crippen molar-refractivity contribution in [2.24, 2.45) is 22.7 Å². The zero-order valence-corrected chi connectivity index (χ0v) is 38.1. The minimum atomic E-state index is -2.31. The summed E-state index contributed by atoms with van der Waals surface area (Å²) in [5, 5.41) is 27.9. The number of esters is 3. The van der Waals surface area contributed by atoms with Crippen molar-refractivity contribution < 1.29 is 72.1 Å². The molecule has 0 spiro atoms. The number of carbonyl (C=O) groups is 6.